The quantitative estimate of drug-likeness (QED) is 0.148. The van der Waals surface area contributed by atoms with Gasteiger partial charge in [-0.25, -0.2) is 0 Å². The molecule has 9 nitrogen and oxygen atoms in total. The summed E-state index contributed by atoms with van der Waals surface area (Å²) in [6.45, 7) is 1.99. The molecule has 210 valence electrons. The van der Waals surface area contributed by atoms with E-state index in [0.717, 1.165) is 11.1 Å². The summed E-state index contributed by atoms with van der Waals surface area (Å²) < 4.78 is 11.7. The van der Waals surface area contributed by atoms with Crippen molar-refractivity contribution in [1.82, 2.24) is 0 Å². The van der Waals surface area contributed by atoms with Crippen LogP contribution in [0.2, 0.25) is 0 Å². The molecule has 0 aliphatic heterocycles. The van der Waals surface area contributed by atoms with Crippen molar-refractivity contribution in [2.24, 2.45) is 11.5 Å². The fourth-order valence-electron chi connectivity index (χ4n) is 4.53. The Hall–Kier alpha value is -5.31. The zero-order chi connectivity index (χ0) is 29.4. The summed E-state index contributed by atoms with van der Waals surface area (Å²) in [6.07, 6.45) is 0. The van der Waals surface area contributed by atoms with Crippen molar-refractivity contribution in [3.05, 3.63) is 119 Å². The van der Waals surface area contributed by atoms with E-state index >= 15 is 0 Å². The molecule has 0 aromatic heterocycles. The summed E-state index contributed by atoms with van der Waals surface area (Å²) in [5, 5.41) is 10.6. The number of hydrogen-bond donors (Lipinski definition) is 4. The van der Waals surface area contributed by atoms with Crippen LogP contribution < -0.4 is 31.2 Å². The van der Waals surface area contributed by atoms with Crippen LogP contribution in [0.4, 0.5) is 11.4 Å². The van der Waals surface area contributed by atoms with Gasteiger partial charge in [0.15, 0.2) is 11.5 Å². The zero-order valence-electron chi connectivity index (χ0n) is 23.0. The molecule has 0 aliphatic rings. The van der Waals surface area contributed by atoms with Crippen LogP contribution in [0.5, 0.6) is 11.5 Å². The smallest absolute Gasteiger partial charge is 0.244 e. The minimum absolute atomic E-state index is 0.0682. The van der Waals surface area contributed by atoms with E-state index in [1.807, 2.05) is 65.6 Å². The van der Waals surface area contributed by atoms with E-state index in [0.29, 0.717) is 40.5 Å². The molecule has 41 heavy (non-hydrogen) atoms. The Morgan fingerprint density at radius 2 is 1.49 bits per heavy atom. The minimum atomic E-state index is -1.02. The monoisotopic (exact) mass is 551 g/mol. The second-order valence-electron chi connectivity index (χ2n) is 9.42. The first-order chi connectivity index (χ1) is 19.8. The molecule has 4 aromatic carbocycles. The van der Waals surface area contributed by atoms with Gasteiger partial charge >= 0.3 is 0 Å². The number of carbonyl (C=O) groups excluding carboxylic acids is 2. The van der Waals surface area contributed by atoms with E-state index in [4.69, 9.17) is 26.4 Å². The number of carbonyl (C=O) groups is 2. The van der Waals surface area contributed by atoms with Crippen molar-refractivity contribution in [3.8, 4) is 11.5 Å². The molecule has 2 amide bonds. The molecule has 0 radical (unpaired) electrons. The molecule has 0 heterocycles. The predicted molar refractivity (Wildman–Crippen MR) is 160 cm³/mol. The minimum Gasteiger partial charge on any atom is -0.493 e. The maximum absolute atomic E-state index is 13.3. The second-order valence-corrected chi connectivity index (χ2v) is 9.42. The second kappa shape index (κ2) is 13.2. The average Bonchev–Trinajstić information content (AvgIpc) is 2.97. The Labute approximate surface area is 239 Å². The number of hydrogen-bond acceptors (Lipinski definition) is 6. The highest BCUT2D eigenvalue weighted by Gasteiger charge is 2.31. The van der Waals surface area contributed by atoms with Crippen LogP contribution >= 0.6 is 0 Å². The lowest BCUT2D eigenvalue weighted by Gasteiger charge is -2.34. The van der Waals surface area contributed by atoms with Gasteiger partial charge in [-0.3, -0.25) is 15.0 Å². The lowest BCUT2D eigenvalue weighted by Crippen LogP contribution is -2.38. The van der Waals surface area contributed by atoms with E-state index < -0.39 is 11.9 Å². The number of primary amides is 1. The van der Waals surface area contributed by atoms with Gasteiger partial charge in [0.2, 0.25) is 11.8 Å². The number of ether oxygens (including phenoxy) is 2. The maximum atomic E-state index is 13.3. The molecule has 4 rings (SSSR count). The van der Waals surface area contributed by atoms with Crippen LogP contribution in [0.25, 0.3) is 0 Å². The summed E-state index contributed by atoms with van der Waals surface area (Å²) in [7, 11) is 1.51. The van der Waals surface area contributed by atoms with Crippen molar-refractivity contribution >= 4 is 29.0 Å². The molecule has 6 N–H and O–H groups in total. The fourth-order valence-corrected chi connectivity index (χ4v) is 4.53. The highest BCUT2D eigenvalue weighted by molar-refractivity contribution is 5.96. The molecule has 0 fully saturated rings. The van der Waals surface area contributed by atoms with Crippen LogP contribution in [0.3, 0.4) is 0 Å². The number of benzene rings is 4. The van der Waals surface area contributed by atoms with Crippen molar-refractivity contribution in [3.63, 3.8) is 0 Å². The molecule has 0 spiro atoms. The van der Waals surface area contributed by atoms with E-state index in [1.54, 1.807) is 36.4 Å². The summed E-state index contributed by atoms with van der Waals surface area (Å²) in [6, 6.07) is 28.6. The Balaban J connectivity index is 1.83. The molecule has 4 aromatic rings. The first kappa shape index (κ1) is 28.7. The van der Waals surface area contributed by atoms with Crippen LogP contribution in [-0.2, 0) is 22.7 Å². The number of amidine groups is 1. The number of nitrogen functional groups attached to an aromatic ring is 1. The summed E-state index contributed by atoms with van der Waals surface area (Å²) in [5.41, 5.74) is 15.7. The van der Waals surface area contributed by atoms with Crippen molar-refractivity contribution in [2.45, 2.75) is 26.1 Å². The summed E-state index contributed by atoms with van der Waals surface area (Å²) >= 11 is 0. The molecular formula is C32H33N5O4. The first-order valence-electron chi connectivity index (χ1n) is 13.0. The van der Waals surface area contributed by atoms with Gasteiger partial charge in [-0.2, -0.15) is 0 Å². The summed E-state index contributed by atoms with van der Waals surface area (Å²) in [4.78, 5) is 27.4. The molecule has 0 bridgehead atoms. The third-order valence-electron chi connectivity index (χ3n) is 6.47. The van der Waals surface area contributed by atoms with Crippen LogP contribution in [0, 0.1) is 5.41 Å². The SMILES string of the molecule is COc1cc(C(C(N)=O)N(Cc2ccccc2)c2ccc(C(=N)N)cc2)c(NC(C)=O)cc1OCc1ccccc1. The van der Waals surface area contributed by atoms with Gasteiger partial charge in [0.1, 0.15) is 18.5 Å². The van der Waals surface area contributed by atoms with Crippen LogP contribution in [0.15, 0.2) is 97.1 Å². The Morgan fingerprint density at radius 1 is 0.878 bits per heavy atom. The van der Waals surface area contributed by atoms with Crippen molar-refractivity contribution < 1.29 is 19.1 Å². The van der Waals surface area contributed by atoms with E-state index in [-0.39, 0.29) is 18.3 Å². The van der Waals surface area contributed by atoms with Crippen molar-refractivity contribution in [1.29, 1.82) is 5.41 Å². The standard InChI is InChI=1S/C32H33N5O4/c1-21(38)36-27-18-29(41-20-23-11-7-4-8-12-23)28(40-2)17-26(27)30(32(35)39)37(19-22-9-5-3-6-10-22)25-15-13-24(14-16-25)31(33)34/h3-18,30H,19-20H2,1-2H3,(H3,33,34)(H2,35,39)(H,36,38). The van der Waals surface area contributed by atoms with Gasteiger partial charge < -0.3 is 31.2 Å². The topological polar surface area (TPSA) is 144 Å². The van der Waals surface area contributed by atoms with E-state index in [1.165, 1.54) is 14.0 Å². The highest BCUT2D eigenvalue weighted by Crippen LogP contribution is 2.40. The summed E-state index contributed by atoms with van der Waals surface area (Å²) in [5.74, 6) is -0.256. The van der Waals surface area contributed by atoms with Gasteiger partial charge in [0, 0.05) is 36.3 Å². The molecule has 1 unspecified atom stereocenters. The third kappa shape index (κ3) is 7.21. The number of methoxy groups -OCH3 is 1. The van der Waals surface area contributed by atoms with Crippen LogP contribution in [0.1, 0.15) is 35.2 Å². The van der Waals surface area contributed by atoms with Crippen molar-refractivity contribution in [2.75, 3.05) is 17.3 Å². The van der Waals surface area contributed by atoms with E-state index in [9.17, 15) is 9.59 Å². The van der Waals surface area contributed by atoms with Gasteiger partial charge in [0.25, 0.3) is 0 Å². The van der Waals surface area contributed by atoms with Crippen LogP contribution in [-0.4, -0.2) is 24.8 Å². The number of nitrogens with two attached hydrogens (primary N) is 2. The Kier molecular flexibility index (Phi) is 9.21. The number of nitrogens with one attached hydrogen (secondary N) is 2. The van der Waals surface area contributed by atoms with E-state index in [2.05, 4.69) is 5.32 Å². The molecule has 0 saturated carbocycles. The molecule has 1 atom stereocenters. The number of anilines is 2. The third-order valence-corrected chi connectivity index (χ3v) is 6.47. The highest BCUT2D eigenvalue weighted by atomic mass is 16.5. The molecule has 0 saturated heterocycles. The predicted octanol–water partition coefficient (Wildman–Crippen LogP) is 4.75. The first-order valence-corrected chi connectivity index (χ1v) is 13.0. The number of amides is 2. The number of nitrogens with zero attached hydrogens (tertiary/aromatic N) is 1. The average molecular weight is 552 g/mol. The molecule has 9 heteroatoms. The van der Waals surface area contributed by atoms with Gasteiger partial charge in [-0.1, -0.05) is 60.7 Å². The maximum Gasteiger partial charge on any atom is 0.244 e. The van der Waals surface area contributed by atoms with Gasteiger partial charge in [-0.15, -0.1) is 0 Å². The lowest BCUT2D eigenvalue weighted by molar-refractivity contribution is -0.119. The van der Waals surface area contributed by atoms with Gasteiger partial charge in [0.05, 0.1) is 12.8 Å². The molecular weight excluding hydrogens is 518 g/mol. The number of rotatable bonds is 12. The zero-order valence-corrected chi connectivity index (χ0v) is 23.0. The fraction of sp³-hybridized carbons (Fsp3) is 0.156. The Morgan fingerprint density at radius 3 is 2.02 bits per heavy atom. The lowest BCUT2D eigenvalue weighted by atomic mass is 9.99. The van der Waals surface area contributed by atoms with Gasteiger partial charge in [-0.05, 0) is 41.5 Å². The molecule has 0 aliphatic carbocycles. The normalized spacial score (nSPS) is 11.3. The Bertz CT molecular complexity index is 1510. The largest absolute Gasteiger partial charge is 0.493 e.